The van der Waals surface area contributed by atoms with Gasteiger partial charge in [0.25, 0.3) is 0 Å². The monoisotopic (exact) mass is 550 g/mol. The van der Waals surface area contributed by atoms with Gasteiger partial charge >= 0.3 is 5.97 Å². The molecule has 4 aliphatic rings. The van der Waals surface area contributed by atoms with E-state index in [0.29, 0.717) is 24.4 Å². The number of benzene rings is 1. The summed E-state index contributed by atoms with van der Waals surface area (Å²) in [7, 11) is 0. The van der Waals surface area contributed by atoms with Crippen molar-refractivity contribution in [3.05, 3.63) is 47.2 Å². The first-order valence-electron chi connectivity index (χ1n) is 16.3. The number of hydrogen-bond donors (Lipinski definition) is 2. The topological polar surface area (TPSA) is 76.0 Å². The average Bonchev–Trinajstić information content (AvgIpc) is 3.29. The van der Waals surface area contributed by atoms with Crippen molar-refractivity contribution in [1.82, 2.24) is 0 Å². The predicted molar refractivity (Wildman–Crippen MR) is 158 cm³/mol. The number of aromatic hydroxyl groups is 1. The van der Waals surface area contributed by atoms with E-state index in [1.807, 2.05) is 12.1 Å². The van der Waals surface area contributed by atoms with E-state index in [9.17, 15) is 15.0 Å². The molecule has 2 bridgehead atoms. The number of carbonyl (C=O) groups is 1. The third-order valence-electron chi connectivity index (χ3n) is 10.1. The van der Waals surface area contributed by atoms with Gasteiger partial charge in [0.15, 0.2) is 17.6 Å². The number of carbonyl (C=O) groups excluding carboxylic acids is 1. The maximum atomic E-state index is 12.8. The van der Waals surface area contributed by atoms with E-state index in [4.69, 9.17) is 9.47 Å². The Morgan fingerprint density at radius 3 is 2.48 bits per heavy atom. The first-order valence-corrected chi connectivity index (χ1v) is 16.3. The largest absolute Gasteiger partial charge is 0.504 e. The van der Waals surface area contributed by atoms with Gasteiger partial charge in [-0.05, 0) is 81.4 Å². The Balaban J connectivity index is 1.04. The molecule has 1 fully saturated rings. The molecule has 5 rings (SSSR count). The average molecular weight is 551 g/mol. The van der Waals surface area contributed by atoms with Crippen LogP contribution in [0.5, 0.6) is 11.5 Å². The molecular weight excluding hydrogens is 500 g/mol. The number of hydrogen-bond acceptors (Lipinski definition) is 5. The number of rotatable bonds is 16. The number of phenols is 1. The fraction of sp³-hybridized carbons (Fsp3) is 0.686. The lowest BCUT2D eigenvalue weighted by molar-refractivity contribution is -0.160. The van der Waals surface area contributed by atoms with Crippen molar-refractivity contribution in [2.45, 2.75) is 146 Å². The van der Waals surface area contributed by atoms with E-state index in [1.165, 1.54) is 57.8 Å². The van der Waals surface area contributed by atoms with Crippen molar-refractivity contribution >= 4 is 5.97 Å². The summed E-state index contributed by atoms with van der Waals surface area (Å²) in [5.41, 5.74) is 0.534. The molecule has 0 amide bonds. The summed E-state index contributed by atoms with van der Waals surface area (Å²) in [4.78, 5) is 12.8. The number of unbranched alkanes of at least 4 members (excludes halogenated alkanes) is 11. The molecule has 1 heterocycles. The van der Waals surface area contributed by atoms with Crippen LogP contribution in [0, 0.1) is 5.92 Å². The molecule has 0 aromatic heterocycles. The molecule has 2 N–H and O–H groups in total. The maximum Gasteiger partial charge on any atom is 0.310 e. The SMILES string of the molecule is CCCCCCCC/C=C\CCCCCCCC(=O)OC1=CC[C@@]2(O)[C@@H]3CCCC24c2c(ccc(O)c2O[C@@H]14)C3. The van der Waals surface area contributed by atoms with E-state index in [2.05, 4.69) is 19.1 Å². The zero-order valence-corrected chi connectivity index (χ0v) is 24.6. The Morgan fingerprint density at radius 1 is 1.02 bits per heavy atom. The maximum absolute atomic E-state index is 12.8. The third-order valence-corrected chi connectivity index (χ3v) is 10.1. The highest BCUT2D eigenvalue weighted by Crippen LogP contribution is 2.67. The molecule has 0 saturated heterocycles. The van der Waals surface area contributed by atoms with Crippen LogP contribution >= 0.6 is 0 Å². The number of esters is 1. The van der Waals surface area contributed by atoms with Crippen LogP contribution < -0.4 is 4.74 Å². The van der Waals surface area contributed by atoms with Gasteiger partial charge in [0, 0.05) is 12.0 Å². The molecule has 0 radical (unpaired) electrons. The standard InChI is InChI=1S/C35H50O5/c1-2-3-4-5-6-7-8-9-10-11-12-13-14-15-16-19-30(37)39-29-22-24-35(38)27-18-17-23-34(35)31-26(25-27)20-21-28(36)32(31)40-33(29)34/h9-10,20-22,27,33,36,38H,2-8,11-19,23-25H2,1H3/b10-9-/t27-,33+,34?,35-/m1/s1. The lowest BCUT2D eigenvalue weighted by atomic mass is 9.47. The van der Waals surface area contributed by atoms with Gasteiger partial charge in [-0.3, -0.25) is 4.79 Å². The summed E-state index contributed by atoms with van der Waals surface area (Å²) >= 11 is 0. The van der Waals surface area contributed by atoms with E-state index >= 15 is 0 Å². The summed E-state index contributed by atoms with van der Waals surface area (Å²) in [6, 6.07) is 3.68. The van der Waals surface area contributed by atoms with Gasteiger partial charge in [-0.1, -0.05) is 82.9 Å². The van der Waals surface area contributed by atoms with Gasteiger partial charge in [-0.25, -0.2) is 0 Å². The predicted octanol–water partition coefficient (Wildman–Crippen LogP) is 8.35. The molecule has 5 nitrogen and oxygen atoms in total. The van der Waals surface area contributed by atoms with Crippen LogP contribution in [0.4, 0.5) is 0 Å². The first-order chi connectivity index (χ1) is 19.5. The van der Waals surface area contributed by atoms with Gasteiger partial charge in [-0.2, -0.15) is 0 Å². The molecule has 4 atom stereocenters. The molecule has 3 aliphatic carbocycles. The lowest BCUT2D eigenvalue weighted by Crippen LogP contribution is -2.67. The second-order valence-electron chi connectivity index (χ2n) is 12.8. The molecule has 1 aliphatic heterocycles. The van der Waals surface area contributed by atoms with Gasteiger partial charge in [0.2, 0.25) is 0 Å². The fourth-order valence-corrected chi connectivity index (χ4v) is 8.05. The van der Waals surface area contributed by atoms with Crippen LogP contribution in [0.15, 0.2) is 36.1 Å². The van der Waals surface area contributed by atoms with Crippen molar-refractivity contribution in [1.29, 1.82) is 0 Å². The number of allylic oxidation sites excluding steroid dienone is 2. The second-order valence-corrected chi connectivity index (χ2v) is 12.8. The number of ether oxygens (including phenoxy) is 2. The zero-order chi connectivity index (χ0) is 28.0. The summed E-state index contributed by atoms with van der Waals surface area (Å²) in [5, 5.41) is 22.7. The Labute approximate surface area is 241 Å². The molecule has 1 unspecified atom stereocenters. The minimum atomic E-state index is -0.929. The minimum Gasteiger partial charge on any atom is -0.504 e. The van der Waals surface area contributed by atoms with Gasteiger partial charge in [-0.15, -0.1) is 0 Å². The van der Waals surface area contributed by atoms with Crippen LogP contribution in [0.3, 0.4) is 0 Å². The molecule has 5 heteroatoms. The highest BCUT2D eigenvalue weighted by atomic mass is 16.6. The normalized spacial score (nSPS) is 27.8. The molecule has 1 spiro atoms. The van der Waals surface area contributed by atoms with Crippen molar-refractivity contribution in [3.63, 3.8) is 0 Å². The highest BCUT2D eigenvalue weighted by Gasteiger charge is 2.70. The van der Waals surface area contributed by atoms with Crippen molar-refractivity contribution in [2.75, 3.05) is 0 Å². The summed E-state index contributed by atoms with van der Waals surface area (Å²) in [5.74, 6) is 1.03. The van der Waals surface area contributed by atoms with Crippen LogP contribution in [0.1, 0.15) is 134 Å². The molecular formula is C35H50O5. The van der Waals surface area contributed by atoms with Gasteiger partial charge < -0.3 is 19.7 Å². The Morgan fingerprint density at radius 2 is 1.73 bits per heavy atom. The number of aliphatic hydroxyl groups is 1. The Bertz CT molecular complexity index is 1090. The van der Waals surface area contributed by atoms with Gasteiger partial charge in [0.1, 0.15) is 5.76 Å². The smallest absolute Gasteiger partial charge is 0.310 e. The first kappa shape index (κ1) is 29.2. The van der Waals surface area contributed by atoms with Crippen molar-refractivity contribution in [2.24, 2.45) is 5.92 Å². The van der Waals surface area contributed by atoms with Gasteiger partial charge in [0.05, 0.1) is 11.0 Å². The van der Waals surface area contributed by atoms with E-state index in [1.54, 1.807) is 6.07 Å². The van der Waals surface area contributed by atoms with Crippen molar-refractivity contribution in [3.8, 4) is 11.5 Å². The molecule has 1 saturated carbocycles. The Hall–Kier alpha value is -2.27. The second kappa shape index (κ2) is 13.1. The van der Waals surface area contributed by atoms with Crippen LogP contribution in [-0.2, 0) is 21.4 Å². The van der Waals surface area contributed by atoms with E-state index in [0.717, 1.165) is 62.5 Å². The quantitative estimate of drug-likeness (QED) is 0.123. The molecule has 1 aromatic carbocycles. The zero-order valence-electron chi connectivity index (χ0n) is 24.6. The van der Waals surface area contributed by atoms with Crippen LogP contribution in [0.2, 0.25) is 0 Å². The van der Waals surface area contributed by atoms with Crippen LogP contribution in [0.25, 0.3) is 0 Å². The summed E-state index contributed by atoms with van der Waals surface area (Å²) in [6.07, 6.45) is 26.3. The highest BCUT2D eigenvalue weighted by molar-refractivity contribution is 5.71. The third kappa shape index (κ3) is 5.60. The molecule has 40 heavy (non-hydrogen) atoms. The number of phenolic OH excluding ortho intramolecular Hbond substituents is 1. The molecule has 1 aromatic rings. The van der Waals surface area contributed by atoms with E-state index < -0.39 is 17.1 Å². The molecule has 220 valence electrons. The lowest BCUT2D eigenvalue weighted by Gasteiger charge is -2.59. The summed E-state index contributed by atoms with van der Waals surface area (Å²) in [6.45, 7) is 2.26. The Kier molecular flexibility index (Phi) is 9.60. The fourth-order valence-electron chi connectivity index (χ4n) is 8.05. The summed E-state index contributed by atoms with van der Waals surface area (Å²) < 4.78 is 12.3. The minimum absolute atomic E-state index is 0.105. The van der Waals surface area contributed by atoms with Crippen LogP contribution in [-0.4, -0.2) is 27.9 Å². The van der Waals surface area contributed by atoms with E-state index in [-0.39, 0.29) is 17.6 Å². The van der Waals surface area contributed by atoms with Crippen molar-refractivity contribution < 1.29 is 24.5 Å².